The number of nitrogens with zero attached hydrogens (tertiary/aromatic N) is 1. The van der Waals surface area contributed by atoms with Crippen LogP contribution in [0.25, 0.3) is 0 Å². The van der Waals surface area contributed by atoms with Crippen LogP contribution in [0.15, 0.2) is 18.2 Å². The number of nitrogens with one attached hydrogen (secondary N) is 1. The summed E-state index contributed by atoms with van der Waals surface area (Å²) in [4.78, 5) is 2.42. The minimum absolute atomic E-state index is 0.241. The van der Waals surface area contributed by atoms with Gasteiger partial charge < -0.3 is 5.32 Å². The smallest absolute Gasteiger partial charge is 0.124 e. The van der Waals surface area contributed by atoms with Crippen LogP contribution in [0.2, 0.25) is 5.02 Å². The van der Waals surface area contributed by atoms with Crippen LogP contribution in [0.3, 0.4) is 0 Å². The van der Waals surface area contributed by atoms with Gasteiger partial charge in [-0.15, -0.1) is 0 Å². The van der Waals surface area contributed by atoms with Gasteiger partial charge in [-0.2, -0.15) is 0 Å². The molecule has 1 saturated carbocycles. The zero-order valence-electron chi connectivity index (χ0n) is 11.3. The molecular weight excluding hydrogens is 263 g/mol. The topological polar surface area (TPSA) is 15.3 Å². The molecule has 1 N–H and O–H groups in total. The minimum Gasteiger partial charge on any atom is -0.309 e. The van der Waals surface area contributed by atoms with Crippen LogP contribution in [0.5, 0.6) is 0 Å². The van der Waals surface area contributed by atoms with Crippen LogP contribution in [-0.4, -0.2) is 30.1 Å². The van der Waals surface area contributed by atoms with Gasteiger partial charge in [0.2, 0.25) is 0 Å². The van der Waals surface area contributed by atoms with E-state index in [0.717, 1.165) is 37.7 Å². The highest BCUT2D eigenvalue weighted by Gasteiger charge is 2.43. The maximum Gasteiger partial charge on any atom is 0.124 e. The SMILES string of the molecule is CC1(C2CC2)CN(Cc2ccc(F)cc2Cl)CCN1. The van der Waals surface area contributed by atoms with Crippen molar-refractivity contribution in [1.29, 1.82) is 0 Å². The normalized spacial score (nSPS) is 28.6. The molecule has 1 saturated heterocycles. The standard InChI is InChI=1S/C15H20ClFN2/c1-15(12-3-4-12)10-19(7-6-18-15)9-11-2-5-13(17)8-14(11)16/h2,5,8,12,18H,3-4,6-7,9-10H2,1H3. The first-order valence-corrected chi connectivity index (χ1v) is 7.36. The third kappa shape index (κ3) is 2.93. The molecule has 1 atom stereocenters. The third-order valence-corrected chi connectivity index (χ3v) is 4.75. The lowest BCUT2D eigenvalue weighted by molar-refractivity contribution is 0.121. The fraction of sp³-hybridized carbons (Fsp3) is 0.600. The number of benzene rings is 1. The predicted octanol–water partition coefficient (Wildman–Crippen LogP) is 3.05. The van der Waals surface area contributed by atoms with Gasteiger partial charge in [-0.05, 0) is 43.4 Å². The van der Waals surface area contributed by atoms with Gasteiger partial charge in [-0.25, -0.2) is 4.39 Å². The molecule has 0 bridgehead atoms. The molecule has 1 unspecified atom stereocenters. The molecule has 19 heavy (non-hydrogen) atoms. The molecule has 0 radical (unpaired) electrons. The van der Waals surface area contributed by atoms with E-state index in [1.165, 1.54) is 25.0 Å². The Labute approximate surface area is 118 Å². The first kappa shape index (κ1) is 13.3. The van der Waals surface area contributed by atoms with Crippen molar-refractivity contribution in [3.63, 3.8) is 0 Å². The van der Waals surface area contributed by atoms with Crippen molar-refractivity contribution in [2.75, 3.05) is 19.6 Å². The van der Waals surface area contributed by atoms with E-state index >= 15 is 0 Å². The second-order valence-electron chi connectivity index (χ2n) is 6.06. The van der Waals surface area contributed by atoms with Crippen molar-refractivity contribution in [2.24, 2.45) is 5.92 Å². The molecule has 3 rings (SSSR count). The van der Waals surface area contributed by atoms with E-state index in [0.29, 0.717) is 5.02 Å². The molecule has 4 heteroatoms. The summed E-state index contributed by atoms with van der Waals surface area (Å²) in [5.74, 6) is 0.552. The van der Waals surface area contributed by atoms with E-state index in [1.807, 2.05) is 0 Å². The lowest BCUT2D eigenvalue weighted by atomic mass is 9.92. The maximum atomic E-state index is 13.1. The zero-order chi connectivity index (χ0) is 13.5. The van der Waals surface area contributed by atoms with Crippen LogP contribution >= 0.6 is 11.6 Å². The van der Waals surface area contributed by atoms with Gasteiger partial charge in [0.25, 0.3) is 0 Å². The Morgan fingerprint density at radius 3 is 2.95 bits per heavy atom. The predicted molar refractivity (Wildman–Crippen MR) is 75.8 cm³/mol. The van der Waals surface area contributed by atoms with Crippen molar-refractivity contribution in [1.82, 2.24) is 10.2 Å². The molecule has 0 aromatic heterocycles. The molecule has 0 spiro atoms. The van der Waals surface area contributed by atoms with Crippen LogP contribution in [0, 0.1) is 11.7 Å². The summed E-state index contributed by atoms with van der Waals surface area (Å²) < 4.78 is 13.1. The highest BCUT2D eigenvalue weighted by molar-refractivity contribution is 6.31. The lowest BCUT2D eigenvalue weighted by Gasteiger charge is -2.42. The average molecular weight is 283 g/mol. The highest BCUT2D eigenvalue weighted by atomic mass is 35.5. The Balaban J connectivity index is 1.69. The van der Waals surface area contributed by atoms with Gasteiger partial charge in [0.05, 0.1) is 0 Å². The van der Waals surface area contributed by atoms with Crippen molar-refractivity contribution < 1.29 is 4.39 Å². The number of hydrogen-bond acceptors (Lipinski definition) is 2. The molecule has 1 aromatic rings. The number of rotatable bonds is 3. The Kier molecular flexibility index (Phi) is 3.54. The Bertz CT molecular complexity index is 475. The summed E-state index contributed by atoms with van der Waals surface area (Å²) in [6.07, 6.45) is 2.68. The second kappa shape index (κ2) is 5.04. The van der Waals surface area contributed by atoms with E-state index in [9.17, 15) is 4.39 Å². The second-order valence-corrected chi connectivity index (χ2v) is 6.47. The van der Waals surface area contributed by atoms with E-state index < -0.39 is 0 Å². The molecular formula is C15H20ClFN2. The van der Waals surface area contributed by atoms with E-state index in [1.54, 1.807) is 6.07 Å². The summed E-state index contributed by atoms with van der Waals surface area (Å²) in [5, 5.41) is 4.20. The Morgan fingerprint density at radius 2 is 2.26 bits per heavy atom. The van der Waals surface area contributed by atoms with Gasteiger partial charge in [-0.3, -0.25) is 4.90 Å². The average Bonchev–Trinajstić information content (AvgIpc) is 3.17. The van der Waals surface area contributed by atoms with Crippen molar-refractivity contribution in [3.8, 4) is 0 Å². The van der Waals surface area contributed by atoms with Gasteiger partial charge in [0.15, 0.2) is 0 Å². The molecule has 1 heterocycles. The van der Waals surface area contributed by atoms with Crippen LogP contribution in [0.1, 0.15) is 25.3 Å². The molecule has 2 nitrogen and oxygen atoms in total. The largest absolute Gasteiger partial charge is 0.309 e. The fourth-order valence-electron chi connectivity index (χ4n) is 3.12. The van der Waals surface area contributed by atoms with Crippen LogP contribution in [-0.2, 0) is 6.54 Å². The lowest BCUT2D eigenvalue weighted by Crippen LogP contribution is -2.59. The van der Waals surface area contributed by atoms with Crippen molar-refractivity contribution >= 4 is 11.6 Å². The monoisotopic (exact) mass is 282 g/mol. The fourth-order valence-corrected chi connectivity index (χ4v) is 3.35. The first-order chi connectivity index (χ1) is 9.07. The van der Waals surface area contributed by atoms with Gasteiger partial charge in [0.1, 0.15) is 5.82 Å². The Morgan fingerprint density at radius 1 is 1.47 bits per heavy atom. The number of hydrogen-bond donors (Lipinski definition) is 1. The van der Waals surface area contributed by atoms with Crippen LogP contribution in [0.4, 0.5) is 4.39 Å². The van der Waals surface area contributed by atoms with Gasteiger partial charge >= 0.3 is 0 Å². The van der Waals surface area contributed by atoms with Crippen LogP contribution < -0.4 is 5.32 Å². The summed E-state index contributed by atoms with van der Waals surface area (Å²) in [6.45, 7) is 6.22. The molecule has 1 aliphatic heterocycles. The number of halogens is 2. The highest BCUT2D eigenvalue weighted by Crippen LogP contribution is 2.41. The maximum absolute atomic E-state index is 13.1. The zero-order valence-corrected chi connectivity index (χ0v) is 12.0. The molecule has 2 fully saturated rings. The first-order valence-electron chi connectivity index (χ1n) is 6.98. The third-order valence-electron chi connectivity index (χ3n) is 4.40. The van der Waals surface area contributed by atoms with E-state index in [2.05, 4.69) is 17.1 Å². The summed E-state index contributed by atoms with van der Waals surface area (Å²) in [7, 11) is 0. The van der Waals surface area contributed by atoms with E-state index in [4.69, 9.17) is 11.6 Å². The van der Waals surface area contributed by atoms with Gasteiger partial charge in [0, 0.05) is 36.7 Å². The summed E-state index contributed by atoms with van der Waals surface area (Å²) >= 11 is 6.11. The van der Waals surface area contributed by atoms with Crippen molar-refractivity contribution in [3.05, 3.63) is 34.6 Å². The molecule has 1 aromatic carbocycles. The quantitative estimate of drug-likeness (QED) is 0.917. The van der Waals surface area contributed by atoms with Gasteiger partial charge in [-0.1, -0.05) is 17.7 Å². The molecule has 2 aliphatic rings. The van der Waals surface area contributed by atoms with E-state index in [-0.39, 0.29) is 11.4 Å². The van der Waals surface area contributed by atoms with Crippen molar-refractivity contribution in [2.45, 2.75) is 31.8 Å². The summed E-state index contributed by atoms with van der Waals surface area (Å²) in [6, 6.07) is 4.69. The summed E-state index contributed by atoms with van der Waals surface area (Å²) in [5.41, 5.74) is 1.26. The molecule has 104 valence electrons. The minimum atomic E-state index is -0.267. The molecule has 1 aliphatic carbocycles. The molecule has 0 amide bonds. The Hall–Kier alpha value is -0.640. The number of piperazine rings is 1.